The van der Waals surface area contributed by atoms with Crippen LogP contribution < -0.4 is 0 Å². The summed E-state index contributed by atoms with van der Waals surface area (Å²) < 4.78 is 8.51. The summed E-state index contributed by atoms with van der Waals surface area (Å²) in [4.78, 5) is 10.9. The van der Waals surface area contributed by atoms with Gasteiger partial charge in [0, 0.05) is 0 Å². The number of rotatable bonds is 4. The van der Waals surface area contributed by atoms with Gasteiger partial charge in [-0.2, -0.15) is 0 Å². The Morgan fingerprint density at radius 3 is 3.08 bits per heavy atom. The average Bonchev–Trinajstić information content (AvgIpc) is 2.53. The Balaban J connectivity index is 2.13. The van der Waals surface area contributed by atoms with Crippen molar-refractivity contribution < 1.29 is 9.53 Å². The molecule has 0 unspecified atom stereocenters. The van der Waals surface area contributed by atoms with Crippen LogP contribution in [0.25, 0.3) is 0 Å². The molecule has 3 heteroatoms. The number of hydrogen-bond donors (Lipinski definition) is 0. The van der Waals surface area contributed by atoms with E-state index >= 15 is 0 Å². The molecular weight excluding hydrogens is 267 g/mol. The van der Waals surface area contributed by atoms with Gasteiger partial charge < -0.3 is 0 Å². The second-order valence-corrected chi connectivity index (χ2v) is 5.33. The first-order chi connectivity index (χ1) is 5.83. The van der Waals surface area contributed by atoms with Crippen LogP contribution in [0.4, 0.5) is 0 Å². The Kier molecular flexibility index (Phi) is 4.35. The van der Waals surface area contributed by atoms with E-state index < -0.39 is 0 Å². The van der Waals surface area contributed by atoms with Gasteiger partial charge in [0.05, 0.1) is 0 Å². The molecule has 0 saturated heterocycles. The minimum atomic E-state index is -0.0715. The fourth-order valence-corrected chi connectivity index (χ4v) is 2.94. The van der Waals surface area contributed by atoms with Crippen LogP contribution in [0, 0.1) is 0 Å². The fraction of sp³-hybridized carbons (Fsp3) is 0.444. The molecule has 1 aliphatic rings. The summed E-state index contributed by atoms with van der Waals surface area (Å²) in [5.74, 6) is -0.0715. The molecule has 1 heterocycles. The Labute approximate surface area is 82.9 Å². The van der Waals surface area contributed by atoms with E-state index in [1.165, 1.54) is 3.58 Å². The molecule has 1 rings (SSSR count). The topological polar surface area (TPSA) is 26.3 Å². The Morgan fingerprint density at radius 2 is 2.50 bits per heavy atom. The van der Waals surface area contributed by atoms with Crippen molar-refractivity contribution in [3.05, 3.63) is 19.8 Å². The maximum atomic E-state index is 10.9. The molecule has 0 aliphatic carbocycles. The molecular formula is C9H13IO2. The summed E-state index contributed by atoms with van der Waals surface area (Å²) >= 11 is -0.0548. The number of allylic oxidation sites excluding steroid dienone is 3. The van der Waals surface area contributed by atoms with Gasteiger partial charge >= 0.3 is 82.9 Å². The van der Waals surface area contributed by atoms with E-state index in [-0.39, 0.29) is 27.2 Å². The van der Waals surface area contributed by atoms with Crippen molar-refractivity contribution in [2.24, 2.45) is 0 Å². The van der Waals surface area contributed by atoms with Crippen LogP contribution in [0.2, 0.25) is 0 Å². The van der Waals surface area contributed by atoms with Gasteiger partial charge in [0.15, 0.2) is 0 Å². The van der Waals surface area contributed by atoms with E-state index in [2.05, 4.69) is 16.2 Å². The first-order valence-electron chi connectivity index (χ1n) is 4.01. The third-order valence-corrected chi connectivity index (χ3v) is 4.13. The van der Waals surface area contributed by atoms with E-state index in [0.29, 0.717) is 13.0 Å². The molecule has 0 saturated carbocycles. The van der Waals surface area contributed by atoms with Crippen LogP contribution in [0.1, 0.15) is 19.8 Å². The van der Waals surface area contributed by atoms with Gasteiger partial charge in [0.2, 0.25) is 0 Å². The molecule has 0 aromatic rings. The van der Waals surface area contributed by atoms with Gasteiger partial charge in [-0.1, -0.05) is 0 Å². The summed E-state index contributed by atoms with van der Waals surface area (Å²) in [6.07, 6.45) is 5.66. The first kappa shape index (κ1) is 9.77. The molecule has 0 radical (unpaired) electrons. The molecule has 12 heavy (non-hydrogen) atoms. The molecule has 1 aliphatic heterocycles. The summed E-state index contributed by atoms with van der Waals surface area (Å²) in [6.45, 7) is 2.33. The van der Waals surface area contributed by atoms with Gasteiger partial charge in [0.1, 0.15) is 0 Å². The molecule has 0 aromatic heterocycles. The summed E-state index contributed by atoms with van der Waals surface area (Å²) in [5.41, 5.74) is 0. The zero-order valence-corrected chi connectivity index (χ0v) is 9.41. The number of esters is 1. The third-order valence-electron chi connectivity index (χ3n) is 1.46. The number of carbonyl (C=O) groups is 1. The van der Waals surface area contributed by atoms with E-state index in [9.17, 15) is 4.79 Å². The molecule has 0 spiro atoms. The molecule has 0 N–H and O–H groups in total. The van der Waals surface area contributed by atoms with Crippen molar-refractivity contribution in [1.29, 1.82) is 0 Å². The quantitative estimate of drug-likeness (QED) is 0.584. The second-order valence-electron chi connectivity index (χ2n) is 2.38. The van der Waals surface area contributed by atoms with Crippen molar-refractivity contribution >= 4 is 27.2 Å². The molecule has 2 nitrogen and oxygen atoms in total. The van der Waals surface area contributed by atoms with Crippen LogP contribution in [0.5, 0.6) is 0 Å². The minimum absolute atomic E-state index is 0.0548. The normalized spacial score (nSPS) is 15.2. The van der Waals surface area contributed by atoms with Crippen molar-refractivity contribution in [1.82, 2.24) is 0 Å². The van der Waals surface area contributed by atoms with Crippen molar-refractivity contribution in [3.63, 3.8) is 0 Å². The zero-order chi connectivity index (χ0) is 8.81. The Hall–Kier alpha value is -0.320. The van der Waals surface area contributed by atoms with Crippen LogP contribution in [-0.4, -0.2) is 12.6 Å². The van der Waals surface area contributed by atoms with Crippen molar-refractivity contribution in [3.8, 4) is 0 Å². The fourth-order valence-electron chi connectivity index (χ4n) is 0.913. The van der Waals surface area contributed by atoms with E-state index in [4.69, 9.17) is 4.74 Å². The Bertz CT molecular complexity index is 219. The molecule has 0 bridgehead atoms. The van der Waals surface area contributed by atoms with Gasteiger partial charge in [0.25, 0.3) is 0 Å². The molecule has 0 amide bonds. The standard InChI is InChI=1S/C9H13IO2/c1-2-12-9(11)6-5-8-4-3-7-10-8/h3-4,7,10H,2,5-6H2,1H3. The summed E-state index contributed by atoms with van der Waals surface area (Å²) in [6, 6.07) is 0. The Morgan fingerprint density at radius 1 is 1.67 bits per heavy atom. The van der Waals surface area contributed by atoms with E-state index in [1.807, 2.05) is 6.92 Å². The van der Waals surface area contributed by atoms with Crippen LogP contribution in [0.3, 0.4) is 0 Å². The molecule has 68 valence electrons. The molecule has 0 atom stereocenters. The van der Waals surface area contributed by atoms with E-state index in [0.717, 1.165) is 6.42 Å². The van der Waals surface area contributed by atoms with Gasteiger partial charge in [-0.05, 0) is 0 Å². The van der Waals surface area contributed by atoms with Gasteiger partial charge in [-0.3, -0.25) is 0 Å². The average molecular weight is 280 g/mol. The number of halogens is 1. The third kappa shape index (κ3) is 3.38. The maximum absolute atomic E-state index is 10.9. The summed E-state index contributed by atoms with van der Waals surface area (Å²) in [7, 11) is 0. The number of carbonyl (C=O) groups excluding carboxylic acids is 1. The monoisotopic (exact) mass is 280 g/mol. The molecule has 0 fully saturated rings. The van der Waals surface area contributed by atoms with E-state index in [1.54, 1.807) is 0 Å². The number of ether oxygens (including phenoxy) is 1. The zero-order valence-electron chi connectivity index (χ0n) is 7.08. The van der Waals surface area contributed by atoms with Gasteiger partial charge in [-0.15, -0.1) is 0 Å². The van der Waals surface area contributed by atoms with Crippen LogP contribution >= 0.6 is 21.2 Å². The van der Waals surface area contributed by atoms with Crippen molar-refractivity contribution in [2.75, 3.05) is 6.61 Å². The SMILES string of the molecule is CCOC(=O)CCC1=CC=C[IH]1. The number of hydrogen-bond acceptors (Lipinski definition) is 2. The molecule has 0 aromatic carbocycles. The predicted octanol–water partition coefficient (Wildman–Crippen LogP) is 2.44. The summed E-state index contributed by atoms with van der Waals surface area (Å²) in [5, 5.41) is 0. The first-order valence-corrected chi connectivity index (χ1v) is 6.52. The van der Waals surface area contributed by atoms with Crippen molar-refractivity contribution in [2.45, 2.75) is 19.8 Å². The van der Waals surface area contributed by atoms with Crippen LogP contribution in [-0.2, 0) is 9.53 Å². The van der Waals surface area contributed by atoms with Gasteiger partial charge in [-0.25, -0.2) is 0 Å². The second kappa shape index (κ2) is 5.35. The predicted molar refractivity (Wildman–Crippen MR) is 58.5 cm³/mol. The van der Waals surface area contributed by atoms with Crippen LogP contribution in [0.15, 0.2) is 19.8 Å².